The molecule has 3 heterocycles. The van der Waals surface area contributed by atoms with Gasteiger partial charge in [0.15, 0.2) is 5.01 Å². The molecular weight excluding hydrogens is 569 g/mol. The van der Waals surface area contributed by atoms with Crippen LogP contribution in [0.5, 0.6) is 0 Å². The molecule has 2 aromatic rings. The number of alkyl halides is 5. The van der Waals surface area contributed by atoms with E-state index < -0.39 is 35.1 Å². The molecule has 0 aromatic carbocycles. The fourth-order valence-corrected chi connectivity index (χ4v) is 5.61. The number of hydrogen-bond donors (Lipinski definition) is 3. The van der Waals surface area contributed by atoms with Crippen molar-refractivity contribution in [2.75, 3.05) is 18.8 Å². The number of thiazole rings is 1. The van der Waals surface area contributed by atoms with Gasteiger partial charge in [0, 0.05) is 43.7 Å². The number of likely N-dealkylation sites (tertiary alicyclic amines) is 1. The molecular formula is C27H36F5N5O3S. The monoisotopic (exact) mass is 605 g/mol. The molecule has 4 rings (SSSR count). The highest BCUT2D eigenvalue weighted by Crippen LogP contribution is 2.41. The first-order valence-corrected chi connectivity index (χ1v) is 14.3. The van der Waals surface area contributed by atoms with E-state index in [1.807, 2.05) is 6.92 Å². The maximum absolute atomic E-state index is 13.8. The van der Waals surface area contributed by atoms with Gasteiger partial charge in [-0.25, -0.2) is 18.7 Å². The van der Waals surface area contributed by atoms with Gasteiger partial charge in [-0.15, -0.1) is 11.3 Å². The molecule has 2 aromatic heterocycles. The van der Waals surface area contributed by atoms with Crippen molar-refractivity contribution in [3.05, 3.63) is 28.5 Å². The predicted octanol–water partition coefficient (Wildman–Crippen LogP) is 5.91. The quantitative estimate of drug-likeness (QED) is 0.365. The topological polar surface area (TPSA) is 121 Å². The molecule has 41 heavy (non-hydrogen) atoms. The molecule has 1 aliphatic carbocycles. The minimum absolute atomic E-state index is 0.106. The molecule has 8 nitrogen and oxygen atoms in total. The molecule has 2 aliphatic rings. The third-order valence-corrected chi connectivity index (χ3v) is 7.92. The van der Waals surface area contributed by atoms with Gasteiger partial charge >= 0.3 is 6.18 Å². The zero-order chi connectivity index (χ0) is 30.6. The van der Waals surface area contributed by atoms with Crippen LogP contribution in [0.1, 0.15) is 98.0 Å². The Kier molecular flexibility index (Phi) is 10.3. The normalized spacial score (nSPS) is 19.2. The zero-order valence-electron chi connectivity index (χ0n) is 23.3. The second-order valence-corrected chi connectivity index (χ2v) is 12.1. The van der Waals surface area contributed by atoms with Crippen LogP contribution in [0.3, 0.4) is 0 Å². The largest absolute Gasteiger partial charge is 0.417 e. The lowest BCUT2D eigenvalue weighted by molar-refractivity contribution is -0.137. The lowest BCUT2D eigenvalue weighted by Gasteiger charge is -2.33. The third kappa shape index (κ3) is 9.06. The van der Waals surface area contributed by atoms with Crippen molar-refractivity contribution in [3.8, 4) is 10.4 Å². The van der Waals surface area contributed by atoms with E-state index in [9.17, 15) is 36.6 Å². The molecule has 1 unspecified atom stereocenters. The van der Waals surface area contributed by atoms with Crippen LogP contribution in [0.25, 0.3) is 10.4 Å². The van der Waals surface area contributed by atoms with E-state index >= 15 is 0 Å². The number of nitrogens with two attached hydrogens (primary N) is 1. The molecule has 1 saturated carbocycles. The van der Waals surface area contributed by atoms with Crippen LogP contribution < -0.4 is 11.1 Å². The highest BCUT2D eigenvalue weighted by Gasteiger charge is 2.38. The highest BCUT2D eigenvalue weighted by molar-refractivity contribution is 7.17. The van der Waals surface area contributed by atoms with Crippen molar-refractivity contribution in [1.82, 2.24) is 20.2 Å². The zero-order valence-corrected chi connectivity index (χ0v) is 24.1. The molecule has 2 amide bonds. The van der Waals surface area contributed by atoms with E-state index in [-0.39, 0.29) is 52.4 Å². The van der Waals surface area contributed by atoms with Crippen LogP contribution in [-0.2, 0) is 6.18 Å². The average molecular weight is 606 g/mol. The predicted molar refractivity (Wildman–Crippen MR) is 146 cm³/mol. The first-order valence-electron chi connectivity index (χ1n) is 13.5. The number of carbonyl (C=O) groups is 2. The van der Waals surface area contributed by atoms with Crippen LogP contribution in [0, 0.1) is 0 Å². The Labute approximate surface area is 239 Å². The maximum atomic E-state index is 13.8. The van der Waals surface area contributed by atoms with Gasteiger partial charge in [0.05, 0.1) is 16.0 Å². The van der Waals surface area contributed by atoms with Gasteiger partial charge in [0.25, 0.3) is 11.8 Å². The van der Waals surface area contributed by atoms with Gasteiger partial charge < -0.3 is 21.1 Å². The van der Waals surface area contributed by atoms with Gasteiger partial charge in [0.2, 0.25) is 5.92 Å². The number of amides is 2. The molecule has 1 aliphatic heterocycles. The Morgan fingerprint density at radius 1 is 1.17 bits per heavy atom. The number of rotatable bonds is 5. The number of aliphatic hydroxyl groups is 1. The van der Waals surface area contributed by atoms with E-state index in [0.29, 0.717) is 36.8 Å². The fraction of sp³-hybridized carbons (Fsp3) is 0.630. The van der Waals surface area contributed by atoms with E-state index in [4.69, 9.17) is 5.73 Å². The SMILES string of the molecule is CC1CCCCN1C(=O)c1nc(C(=O)NCC(C)(C)O)sc1-c1cnc(N)cc1C(F)(F)F.FC1(F)CCCCC1. The van der Waals surface area contributed by atoms with Crippen LogP contribution in [0.4, 0.5) is 27.8 Å². The molecule has 0 spiro atoms. The van der Waals surface area contributed by atoms with Gasteiger partial charge in [0.1, 0.15) is 11.5 Å². The van der Waals surface area contributed by atoms with Crippen LogP contribution in [-0.4, -0.2) is 62.4 Å². The molecule has 2 fully saturated rings. The Morgan fingerprint density at radius 3 is 2.37 bits per heavy atom. The maximum Gasteiger partial charge on any atom is 0.417 e. The molecule has 228 valence electrons. The fourth-order valence-electron chi connectivity index (χ4n) is 4.61. The lowest BCUT2D eigenvalue weighted by atomic mass is 9.97. The number of nitrogen functional groups attached to an aromatic ring is 1. The van der Waals surface area contributed by atoms with Crippen molar-refractivity contribution < 1.29 is 36.6 Å². The summed E-state index contributed by atoms with van der Waals surface area (Å²) in [4.78, 5) is 35.4. The van der Waals surface area contributed by atoms with Gasteiger partial charge in [-0.1, -0.05) is 6.42 Å². The minimum Gasteiger partial charge on any atom is -0.389 e. The summed E-state index contributed by atoms with van der Waals surface area (Å²) < 4.78 is 65.7. The second kappa shape index (κ2) is 13.0. The van der Waals surface area contributed by atoms with Crippen LogP contribution in [0.15, 0.2) is 12.3 Å². The summed E-state index contributed by atoms with van der Waals surface area (Å²) in [5.74, 6) is -3.89. The summed E-state index contributed by atoms with van der Waals surface area (Å²) in [6.07, 6.45) is 1.32. The minimum atomic E-state index is -4.77. The first kappa shape index (κ1) is 32.6. The van der Waals surface area contributed by atoms with E-state index in [1.165, 1.54) is 13.8 Å². The van der Waals surface area contributed by atoms with Crippen molar-refractivity contribution in [3.63, 3.8) is 0 Å². The Bertz CT molecular complexity index is 1220. The summed E-state index contributed by atoms with van der Waals surface area (Å²) in [6.45, 7) is 5.19. The number of hydrogen-bond acceptors (Lipinski definition) is 7. The van der Waals surface area contributed by atoms with E-state index in [1.54, 1.807) is 4.90 Å². The molecule has 0 bridgehead atoms. The summed E-state index contributed by atoms with van der Waals surface area (Å²) in [7, 11) is 0. The highest BCUT2D eigenvalue weighted by atomic mass is 32.1. The molecule has 4 N–H and O–H groups in total. The summed E-state index contributed by atoms with van der Waals surface area (Å²) in [5.41, 5.74) is 2.60. The first-order chi connectivity index (χ1) is 19.0. The Hall–Kier alpha value is -2.87. The van der Waals surface area contributed by atoms with Crippen LogP contribution in [0.2, 0.25) is 0 Å². The van der Waals surface area contributed by atoms with Crippen molar-refractivity contribution in [2.24, 2.45) is 0 Å². The van der Waals surface area contributed by atoms with E-state index in [0.717, 1.165) is 31.9 Å². The van der Waals surface area contributed by atoms with Crippen LogP contribution >= 0.6 is 11.3 Å². The molecule has 0 radical (unpaired) electrons. The number of pyridine rings is 1. The van der Waals surface area contributed by atoms with Crippen molar-refractivity contribution in [2.45, 2.75) is 95.9 Å². The molecule has 1 atom stereocenters. The number of nitrogens with one attached hydrogen (secondary N) is 1. The number of anilines is 1. The number of nitrogens with zero attached hydrogens (tertiary/aromatic N) is 3. The van der Waals surface area contributed by atoms with Gasteiger partial charge in [-0.3, -0.25) is 9.59 Å². The summed E-state index contributed by atoms with van der Waals surface area (Å²) in [6, 6.07) is 0.584. The van der Waals surface area contributed by atoms with Crippen molar-refractivity contribution in [1.29, 1.82) is 0 Å². The van der Waals surface area contributed by atoms with Gasteiger partial charge in [-0.2, -0.15) is 13.2 Å². The third-order valence-electron chi connectivity index (χ3n) is 6.83. The number of piperidine rings is 1. The lowest BCUT2D eigenvalue weighted by Crippen LogP contribution is -2.42. The average Bonchev–Trinajstić information content (AvgIpc) is 3.32. The molecule has 1 saturated heterocycles. The van der Waals surface area contributed by atoms with Crippen molar-refractivity contribution >= 4 is 29.0 Å². The van der Waals surface area contributed by atoms with Gasteiger partial charge in [-0.05, 0) is 58.9 Å². The second-order valence-electron chi connectivity index (χ2n) is 11.1. The van der Waals surface area contributed by atoms with E-state index in [2.05, 4.69) is 15.3 Å². The standard InChI is InChI=1S/C21H26F3N5O3S.C6H10F2/c1-11-6-4-5-7-29(11)19(31)15-16(12-9-26-14(25)8-13(12)21(22,23)24)33-18(28-15)17(30)27-10-20(2,3)32;7-6(8)4-2-1-3-5-6/h8-9,11,32H,4-7,10H2,1-3H3,(H2,25,26)(H,27,30);1-5H2. The number of aromatic nitrogens is 2. The smallest absolute Gasteiger partial charge is 0.389 e. The summed E-state index contributed by atoms with van der Waals surface area (Å²) >= 11 is 0.668. The molecule has 14 heteroatoms. The number of carbonyl (C=O) groups excluding carboxylic acids is 2. The Morgan fingerprint density at radius 2 is 1.83 bits per heavy atom. The number of halogens is 5. The summed E-state index contributed by atoms with van der Waals surface area (Å²) in [5, 5.41) is 12.2. The Balaban J connectivity index is 0.000000496.